The van der Waals surface area contributed by atoms with Gasteiger partial charge in [0.25, 0.3) is 5.56 Å². The van der Waals surface area contributed by atoms with Crippen LogP contribution in [0.1, 0.15) is 19.4 Å². The van der Waals surface area contributed by atoms with E-state index in [0.29, 0.717) is 29.8 Å². The minimum Gasteiger partial charge on any atom is -0.361 e. The number of halogens is 1. The summed E-state index contributed by atoms with van der Waals surface area (Å²) in [5.74, 6) is 0.794. The van der Waals surface area contributed by atoms with Gasteiger partial charge in [0, 0.05) is 30.5 Å². The Morgan fingerprint density at radius 1 is 1.30 bits per heavy atom. The number of aromatic nitrogens is 2. The van der Waals surface area contributed by atoms with Crippen molar-refractivity contribution in [3.63, 3.8) is 0 Å². The molecule has 0 amide bonds. The minimum atomic E-state index is -0.0878. The van der Waals surface area contributed by atoms with Gasteiger partial charge in [-0.3, -0.25) is 4.79 Å². The van der Waals surface area contributed by atoms with Crippen molar-refractivity contribution < 1.29 is 0 Å². The van der Waals surface area contributed by atoms with Gasteiger partial charge in [0.1, 0.15) is 0 Å². The van der Waals surface area contributed by atoms with E-state index >= 15 is 0 Å². The number of hydrogen-bond donors (Lipinski definition) is 1. The van der Waals surface area contributed by atoms with E-state index in [2.05, 4.69) is 24.1 Å². The number of anilines is 1. The zero-order valence-corrected chi connectivity index (χ0v) is 12.4. The molecule has 5 heteroatoms. The number of rotatable bonds is 5. The second-order valence-corrected chi connectivity index (χ2v) is 5.54. The molecule has 0 saturated heterocycles. The molecule has 1 aromatic carbocycles. The summed E-state index contributed by atoms with van der Waals surface area (Å²) in [7, 11) is 0. The largest absolute Gasteiger partial charge is 0.361 e. The predicted molar refractivity (Wildman–Crippen MR) is 82.1 cm³/mol. The van der Waals surface area contributed by atoms with Crippen molar-refractivity contribution in [3.8, 4) is 0 Å². The Kier molecular flexibility index (Phi) is 4.79. The highest BCUT2D eigenvalue weighted by Crippen LogP contribution is 2.10. The monoisotopic (exact) mass is 291 g/mol. The Morgan fingerprint density at radius 3 is 2.65 bits per heavy atom. The molecule has 106 valence electrons. The van der Waals surface area contributed by atoms with E-state index in [9.17, 15) is 4.79 Å². The molecule has 4 nitrogen and oxygen atoms in total. The molecule has 0 atom stereocenters. The van der Waals surface area contributed by atoms with Crippen molar-refractivity contribution in [3.05, 3.63) is 57.6 Å². The fraction of sp³-hybridized carbons (Fsp3) is 0.333. The lowest BCUT2D eigenvalue weighted by atomic mass is 10.2. The van der Waals surface area contributed by atoms with Gasteiger partial charge in [-0.1, -0.05) is 37.6 Å². The number of nitrogens with zero attached hydrogens (tertiary/aromatic N) is 2. The third kappa shape index (κ3) is 3.84. The maximum Gasteiger partial charge on any atom is 0.293 e. The molecule has 1 aromatic heterocycles. The highest BCUT2D eigenvalue weighted by Gasteiger charge is 2.05. The van der Waals surface area contributed by atoms with E-state index in [1.165, 1.54) is 0 Å². The van der Waals surface area contributed by atoms with Crippen LogP contribution in [0, 0.1) is 5.92 Å². The Balaban J connectivity index is 2.10. The van der Waals surface area contributed by atoms with Crippen LogP contribution in [0.4, 0.5) is 5.82 Å². The average Bonchev–Trinajstić information content (AvgIpc) is 2.41. The van der Waals surface area contributed by atoms with E-state index in [0.717, 1.165) is 5.56 Å². The number of nitrogens with one attached hydrogen (secondary N) is 1. The quantitative estimate of drug-likeness (QED) is 0.920. The Morgan fingerprint density at radius 2 is 2.00 bits per heavy atom. The zero-order valence-electron chi connectivity index (χ0n) is 11.6. The van der Waals surface area contributed by atoms with Gasteiger partial charge in [-0.25, -0.2) is 4.98 Å². The van der Waals surface area contributed by atoms with Gasteiger partial charge in [-0.2, -0.15) is 0 Å². The van der Waals surface area contributed by atoms with Crippen LogP contribution in [0.25, 0.3) is 0 Å². The molecule has 0 fully saturated rings. The lowest BCUT2D eigenvalue weighted by Crippen LogP contribution is -2.25. The molecule has 0 spiro atoms. The van der Waals surface area contributed by atoms with Crippen LogP contribution in [0.3, 0.4) is 0 Å². The molecule has 2 aromatic rings. The van der Waals surface area contributed by atoms with Gasteiger partial charge in [0.2, 0.25) is 0 Å². The fourth-order valence-electron chi connectivity index (χ4n) is 1.89. The van der Waals surface area contributed by atoms with Crippen molar-refractivity contribution in [1.82, 2.24) is 9.55 Å². The molecule has 0 radical (unpaired) electrons. The molecular formula is C15H18ClN3O. The molecule has 1 N–H and O–H groups in total. The predicted octanol–water partition coefficient (Wildman–Crippen LogP) is 3.16. The fourth-order valence-corrected chi connectivity index (χ4v) is 2.02. The first-order valence-electron chi connectivity index (χ1n) is 6.60. The number of benzene rings is 1. The SMILES string of the molecule is CC(C)Cn1ccnc(NCc2ccc(Cl)cc2)c1=O. The van der Waals surface area contributed by atoms with Crippen LogP contribution in [-0.2, 0) is 13.1 Å². The maximum atomic E-state index is 12.2. The van der Waals surface area contributed by atoms with E-state index in [1.807, 2.05) is 24.3 Å². The first-order valence-corrected chi connectivity index (χ1v) is 6.98. The number of hydrogen-bond acceptors (Lipinski definition) is 3. The molecule has 0 aliphatic heterocycles. The smallest absolute Gasteiger partial charge is 0.293 e. The summed E-state index contributed by atoms with van der Waals surface area (Å²) >= 11 is 5.84. The molecule has 1 heterocycles. The van der Waals surface area contributed by atoms with Gasteiger partial charge in [0.15, 0.2) is 5.82 Å². The highest BCUT2D eigenvalue weighted by molar-refractivity contribution is 6.30. The summed E-state index contributed by atoms with van der Waals surface area (Å²) < 4.78 is 1.68. The first-order chi connectivity index (χ1) is 9.56. The van der Waals surface area contributed by atoms with Crippen LogP contribution in [0.2, 0.25) is 5.02 Å². The molecule has 0 aliphatic rings. The topological polar surface area (TPSA) is 46.9 Å². The molecule has 20 heavy (non-hydrogen) atoms. The van der Waals surface area contributed by atoms with Crippen LogP contribution < -0.4 is 10.9 Å². The Bertz CT molecular complexity index is 620. The van der Waals surface area contributed by atoms with Crippen molar-refractivity contribution in [1.29, 1.82) is 0 Å². The lowest BCUT2D eigenvalue weighted by molar-refractivity contribution is 0.509. The van der Waals surface area contributed by atoms with Gasteiger partial charge in [-0.15, -0.1) is 0 Å². The zero-order chi connectivity index (χ0) is 14.5. The van der Waals surface area contributed by atoms with Crippen LogP contribution in [0.15, 0.2) is 41.5 Å². The van der Waals surface area contributed by atoms with E-state index in [4.69, 9.17) is 11.6 Å². The summed E-state index contributed by atoms with van der Waals surface area (Å²) in [4.78, 5) is 16.3. The van der Waals surface area contributed by atoms with Crippen molar-refractivity contribution >= 4 is 17.4 Å². The first kappa shape index (κ1) is 14.6. The summed E-state index contributed by atoms with van der Waals surface area (Å²) in [5.41, 5.74) is 0.963. The molecule has 0 unspecified atom stereocenters. The van der Waals surface area contributed by atoms with Gasteiger partial charge in [-0.05, 0) is 23.6 Å². The van der Waals surface area contributed by atoms with Gasteiger partial charge < -0.3 is 9.88 Å². The van der Waals surface area contributed by atoms with Crippen molar-refractivity contribution in [2.24, 2.45) is 5.92 Å². The lowest BCUT2D eigenvalue weighted by Gasteiger charge is -2.10. The average molecular weight is 292 g/mol. The second-order valence-electron chi connectivity index (χ2n) is 5.11. The van der Waals surface area contributed by atoms with E-state index in [-0.39, 0.29) is 5.56 Å². The minimum absolute atomic E-state index is 0.0878. The van der Waals surface area contributed by atoms with Crippen LogP contribution in [0.5, 0.6) is 0 Å². The second kappa shape index (κ2) is 6.57. The highest BCUT2D eigenvalue weighted by atomic mass is 35.5. The standard InChI is InChI=1S/C15H18ClN3O/c1-11(2)10-19-8-7-17-14(15(19)20)18-9-12-3-5-13(16)6-4-12/h3-8,11H,9-10H2,1-2H3,(H,17,18). The Hall–Kier alpha value is -1.81. The third-order valence-corrected chi connectivity index (χ3v) is 3.10. The van der Waals surface area contributed by atoms with Gasteiger partial charge >= 0.3 is 0 Å². The molecule has 0 bridgehead atoms. The molecule has 0 aliphatic carbocycles. The van der Waals surface area contributed by atoms with E-state index < -0.39 is 0 Å². The molecule has 0 saturated carbocycles. The van der Waals surface area contributed by atoms with Crippen LogP contribution in [-0.4, -0.2) is 9.55 Å². The molecular weight excluding hydrogens is 274 g/mol. The molecule has 2 rings (SSSR count). The maximum absolute atomic E-state index is 12.2. The summed E-state index contributed by atoms with van der Waals surface area (Å²) in [6.07, 6.45) is 3.36. The van der Waals surface area contributed by atoms with Crippen LogP contribution >= 0.6 is 11.6 Å². The Labute approximate surface area is 123 Å². The third-order valence-electron chi connectivity index (χ3n) is 2.85. The summed E-state index contributed by atoms with van der Waals surface area (Å²) in [6, 6.07) is 7.50. The van der Waals surface area contributed by atoms with Crippen molar-refractivity contribution in [2.45, 2.75) is 26.9 Å². The normalized spacial score (nSPS) is 10.8. The summed E-state index contributed by atoms with van der Waals surface area (Å²) in [6.45, 7) is 5.39. The van der Waals surface area contributed by atoms with Crippen molar-refractivity contribution in [2.75, 3.05) is 5.32 Å². The van der Waals surface area contributed by atoms with E-state index in [1.54, 1.807) is 17.0 Å². The summed E-state index contributed by atoms with van der Waals surface area (Å²) in [5, 5.41) is 3.77. The van der Waals surface area contributed by atoms with Gasteiger partial charge in [0.05, 0.1) is 0 Å².